The van der Waals surface area contributed by atoms with E-state index in [2.05, 4.69) is 39.8 Å². The molecule has 0 N–H and O–H groups in total. The van der Waals surface area contributed by atoms with E-state index in [0.29, 0.717) is 0 Å². The molecule has 0 bridgehead atoms. The van der Waals surface area contributed by atoms with Gasteiger partial charge >= 0.3 is 0 Å². The number of hydrogen-bond donors (Lipinski definition) is 0. The van der Waals surface area contributed by atoms with Crippen LogP contribution in [0.3, 0.4) is 0 Å². The van der Waals surface area contributed by atoms with Crippen LogP contribution in [0.4, 0.5) is 0 Å². The normalized spacial score (nSPS) is 14.1. The Morgan fingerprint density at radius 1 is 0.481 bits per heavy atom. The lowest BCUT2D eigenvalue weighted by Crippen LogP contribution is -1.96. The number of allylic oxidation sites excluding steroid dienone is 2. The molecule has 0 amide bonds. The third-order valence-corrected chi connectivity index (χ3v) is 6.16. The Hall–Kier alpha value is -0.260. The minimum atomic E-state index is 0.956. The summed E-state index contributed by atoms with van der Waals surface area (Å²) in [4.78, 5) is 0. The summed E-state index contributed by atoms with van der Waals surface area (Å²) in [5, 5.41) is 0. The van der Waals surface area contributed by atoms with E-state index in [1.165, 1.54) is 122 Å². The van der Waals surface area contributed by atoms with Crippen LogP contribution in [0.2, 0.25) is 0 Å². The molecule has 0 aliphatic rings. The molecule has 0 aliphatic heterocycles. The highest BCUT2D eigenvalue weighted by atomic mass is 14.1. The molecule has 0 saturated carbocycles. The lowest BCUT2D eigenvalue weighted by Gasteiger charge is -2.12. The summed E-state index contributed by atoms with van der Waals surface area (Å²) >= 11 is 0. The first-order valence-electron chi connectivity index (χ1n) is 12.9. The second kappa shape index (κ2) is 22.0. The van der Waals surface area contributed by atoms with Crippen LogP contribution in [0, 0.1) is 11.8 Å². The maximum atomic E-state index is 2.48. The summed E-state index contributed by atoms with van der Waals surface area (Å²) in [5.74, 6) is 1.92. The summed E-state index contributed by atoms with van der Waals surface area (Å²) in [7, 11) is 0. The molecule has 0 fully saturated rings. The predicted molar refractivity (Wildman–Crippen MR) is 127 cm³/mol. The topological polar surface area (TPSA) is 0 Å². The third kappa shape index (κ3) is 21.9. The van der Waals surface area contributed by atoms with E-state index in [0.717, 1.165) is 11.8 Å². The van der Waals surface area contributed by atoms with Gasteiger partial charge in [0.1, 0.15) is 0 Å². The second-order valence-corrected chi connectivity index (χ2v) is 9.28. The van der Waals surface area contributed by atoms with Gasteiger partial charge in [-0.25, -0.2) is 0 Å². The van der Waals surface area contributed by atoms with Crippen LogP contribution in [-0.4, -0.2) is 0 Å². The van der Waals surface area contributed by atoms with E-state index in [4.69, 9.17) is 0 Å². The number of rotatable bonds is 21. The van der Waals surface area contributed by atoms with Crippen LogP contribution in [0.25, 0.3) is 0 Å². The molecule has 0 radical (unpaired) electrons. The predicted octanol–water partition coefficient (Wildman–Crippen LogP) is 10.3. The van der Waals surface area contributed by atoms with E-state index >= 15 is 0 Å². The van der Waals surface area contributed by atoms with Gasteiger partial charge in [0.25, 0.3) is 0 Å². The summed E-state index contributed by atoms with van der Waals surface area (Å²) in [6, 6.07) is 0. The first-order valence-corrected chi connectivity index (χ1v) is 12.9. The first-order chi connectivity index (χ1) is 13.2. The van der Waals surface area contributed by atoms with Crippen LogP contribution in [0.5, 0.6) is 0 Å². The smallest absolute Gasteiger partial charge is 0.0351 e. The zero-order chi connectivity index (χ0) is 20.0. The Labute approximate surface area is 174 Å². The molecule has 0 aromatic rings. The Balaban J connectivity index is 3.26. The minimum Gasteiger partial charge on any atom is -0.0888 e. The van der Waals surface area contributed by atoms with Gasteiger partial charge in [-0.1, -0.05) is 143 Å². The lowest BCUT2D eigenvalue weighted by atomic mass is 9.94. The molecule has 2 unspecified atom stereocenters. The van der Waals surface area contributed by atoms with Crippen LogP contribution < -0.4 is 0 Å². The fourth-order valence-electron chi connectivity index (χ4n) is 4.12. The monoisotopic (exact) mass is 378 g/mol. The van der Waals surface area contributed by atoms with Crippen molar-refractivity contribution < 1.29 is 0 Å². The Morgan fingerprint density at radius 3 is 1.33 bits per heavy atom. The molecule has 0 saturated heterocycles. The molecule has 2 atom stereocenters. The molecule has 0 heteroatoms. The van der Waals surface area contributed by atoms with Crippen molar-refractivity contribution in [1.29, 1.82) is 0 Å². The van der Waals surface area contributed by atoms with E-state index in [1.54, 1.807) is 0 Å². The molecular formula is C27H54. The SMILES string of the molecule is CCC=CCCCCCCCCC(C)CCCCCCC(C)CCCCC. The van der Waals surface area contributed by atoms with Crippen molar-refractivity contribution in [3.8, 4) is 0 Å². The molecule has 0 aliphatic carbocycles. The zero-order valence-electron chi connectivity index (χ0n) is 19.7. The summed E-state index contributed by atoms with van der Waals surface area (Å²) in [5.41, 5.74) is 0. The summed E-state index contributed by atoms with van der Waals surface area (Å²) < 4.78 is 0. The molecule has 0 aromatic heterocycles. The van der Waals surface area contributed by atoms with Gasteiger partial charge in [-0.3, -0.25) is 0 Å². The van der Waals surface area contributed by atoms with E-state index in [-0.39, 0.29) is 0 Å². The number of unbranched alkanes of at least 4 members (excludes halogenated alkanes) is 11. The molecule has 162 valence electrons. The standard InChI is InChI=1S/C27H54/c1-5-7-9-10-11-12-13-14-15-19-23-27(4)25-21-17-16-20-24-26(3)22-18-8-6-2/h7,9,26-27H,5-6,8,10-25H2,1-4H3. The molecular weight excluding hydrogens is 324 g/mol. The molecule has 0 aromatic carbocycles. The van der Waals surface area contributed by atoms with Crippen molar-refractivity contribution in [3.05, 3.63) is 12.2 Å². The van der Waals surface area contributed by atoms with Crippen molar-refractivity contribution in [2.24, 2.45) is 11.8 Å². The molecule has 0 rings (SSSR count). The largest absolute Gasteiger partial charge is 0.0888 e. The van der Waals surface area contributed by atoms with Crippen molar-refractivity contribution in [2.45, 2.75) is 150 Å². The van der Waals surface area contributed by atoms with E-state index in [1.807, 2.05) is 0 Å². The number of hydrogen-bond acceptors (Lipinski definition) is 0. The quantitative estimate of drug-likeness (QED) is 0.138. The van der Waals surface area contributed by atoms with Crippen LogP contribution >= 0.6 is 0 Å². The third-order valence-electron chi connectivity index (χ3n) is 6.16. The lowest BCUT2D eigenvalue weighted by molar-refractivity contribution is 0.414. The summed E-state index contributed by atoms with van der Waals surface area (Å²) in [6.07, 6.45) is 31.8. The van der Waals surface area contributed by atoms with Gasteiger partial charge in [-0.2, -0.15) is 0 Å². The Bertz CT molecular complexity index is 290. The molecule has 0 heterocycles. The average molecular weight is 379 g/mol. The maximum absolute atomic E-state index is 2.48. The first kappa shape index (κ1) is 26.7. The molecule has 0 spiro atoms. The van der Waals surface area contributed by atoms with E-state index in [9.17, 15) is 0 Å². The van der Waals surface area contributed by atoms with Crippen LogP contribution in [0.15, 0.2) is 12.2 Å². The zero-order valence-corrected chi connectivity index (χ0v) is 19.7. The van der Waals surface area contributed by atoms with Gasteiger partial charge in [0.15, 0.2) is 0 Å². The van der Waals surface area contributed by atoms with Gasteiger partial charge in [0.05, 0.1) is 0 Å². The Morgan fingerprint density at radius 2 is 0.889 bits per heavy atom. The molecule has 0 nitrogen and oxygen atoms in total. The maximum Gasteiger partial charge on any atom is -0.0351 e. The fourth-order valence-corrected chi connectivity index (χ4v) is 4.12. The van der Waals surface area contributed by atoms with Crippen molar-refractivity contribution in [1.82, 2.24) is 0 Å². The minimum absolute atomic E-state index is 0.956. The highest BCUT2D eigenvalue weighted by Crippen LogP contribution is 2.20. The van der Waals surface area contributed by atoms with Crippen LogP contribution in [-0.2, 0) is 0 Å². The van der Waals surface area contributed by atoms with Crippen molar-refractivity contribution in [3.63, 3.8) is 0 Å². The van der Waals surface area contributed by atoms with Gasteiger partial charge < -0.3 is 0 Å². The van der Waals surface area contributed by atoms with Gasteiger partial charge in [0.2, 0.25) is 0 Å². The second-order valence-electron chi connectivity index (χ2n) is 9.28. The highest BCUT2D eigenvalue weighted by molar-refractivity contribution is 4.79. The fraction of sp³-hybridized carbons (Fsp3) is 0.926. The van der Waals surface area contributed by atoms with Crippen molar-refractivity contribution >= 4 is 0 Å². The van der Waals surface area contributed by atoms with Gasteiger partial charge in [-0.15, -0.1) is 0 Å². The van der Waals surface area contributed by atoms with Crippen LogP contribution in [0.1, 0.15) is 150 Å². The summed E-state index contributed by atoms with van der Waals surface area (Å²) in [6.45, 7) is 9.46. The molecule has 27 heavy (non-hydrogen) atoms. The highest BCUT2D eigenvalue weighted by Gasteiger charge is 2.04. The van der Waals surface area contributed by atoms with Gasteiger partial charge in [-0.05, 0) is 31.1 Å². The average Bonchev–Trinajstić information content (AvgIpc) is 2.66. The Kier molecular flexibility index (Phi) is 21.8. The van der Waals surface area contributed by atoms with E-state index < -0.39 is 0 Å². The van der Waals surface area contributed by atoms with Gasteiger partial charge in [0, 0.05) is 0 Å². The van der Waals surface area contributed by atoms with Crippen molar-refractivity contribution in [2.75, 3.05) is 0 Å².